The van der Waals surface area contributed by atoms with Gasteiger partial charge >= 0.3 is 21.3 Å². The Labute approximate surface area is 124 Å². The predicted molar refractivity (Wildman–Crippen MR) is 65.7 cm³/mol. The second kappa shape index (κ2) is 5.33. The number of carbonyl (C=O) groups excluding carboxylic acids is 1. The lowest BCUT2D eigenvalue weighted by molar-refractivity contribution is -0.174. The van der Waals surface area contributed by atoms with Crippen molar-refractivity contribution in [3.8, 4) is 0 Å². The maximum atomic E-state index is 13.2. The first kappa shape index (κ1) is 17.5. The lowest BCUT2D eigenvalue weighted by Crippen LogP contribution is -2.48. The number of hydrogen-bond acceptors (Lipinski definition) is 8. The minimum Gasteiger partial charge on any atom is -0.454 e. The van der Waals surface area contributed by atoms with Gasteiger partial charge in [-0.1, -0.05) is 0 Å². The molecule has 1 heterocycles. The average Bonchev–Trinajstić information content (AvgIpc) is 2.56. The van der Waals surface area contributed by atoms with E-state index in [2.05, 4.69) is 4.74 Å². The van der Waals surface area contributed by atoms with Crippen LogP contribution < -0.4 is 5.73 Å². The second-order valence-corrected chi connectivity index (χ2v) is 8.25. The average molecular weight is 365 g/mol. The minimum absolute atomic E-state index is 0.0317. The third-order valence-corrected chi connectivity index (χ3v) is 6.34. The molecule has 2 rings (SSSR count). The number of carbonyl (C=O) groups is 1. The van der Waals surface area contributed by atoms with Gasteiger partial charge in [-0.3, -0.25) is 8.74 Å². The van der Waals surface area contributed by atoms with Gasteiger partial charge in [0.2, 0.25) is 0 Å². The summed E-state index contributed by atoms with van der Waals surface area (Å²) >= 11 is 0. The Bertz CT molecular complexity index is 676. The zero-order valence-electron chi connectivity index (χ0n) is 10.9. The summed E-state index contributed by atoms with van der Waals surface area (Å²) in [5, 5.41) is -6.07. The molecule has 0 spiro atoms. The van der Waals surface area contributed by atoms with Gasteiger partial charge in [0.05, 0.1) is 5.25 Å². The van der Waals surface area contributed by atoms with Crippen LogP contribution in [0.3, 0.4) is 0 Å². The topological polar surface area (TPSA) is 150 Å². The van der Waals surface area contributed by atoms with Crippen molar-refractivity contribution < 1.29 is 43.9 Å². The molecule has 13 heteroatoms. The van der Waals surface area contributed by atoms with Crippen molar-refractivity contribution in [3.63, 3.8) is 0 Å². The zero-order valence-corrected chi connectivity index (χ0v) is 12.5. The molecular formula is C9H13F2NO8S2. The van der Waals surface area contributed by atoms with E-state index in [0.717, 1.165) is 0 Å². The van der Waals surface area contributed by atoms with Crippen LogP contribution in [0.5, 0.6) is 0 Å². The first-order valence-electron chi connectivity index (χ1n) is 6.10. The molecule has 0 aromatic heterocycles. The van der Waals surface area contributed by atoms with Gasteiger partial charge in [-0.25, -0.2) is 4.79 Å². The van der Waals surface area contributed by atoms with Crippen LogP contribution >= 0.6 is 0 Å². The van der Waals surface area contributed by atoms with Gasteiger partial charge in [0.15, 0.2) is 0 Å². The van der Waals surface area contributed by atoms with Gasteiger partial charge in [-0.15, -0.1) is 0 Å². The monoisotopic (exact) mass is 365 g/mol. The van der Waals surface area contributed by atoms with Gasteiger partial charge < -0.3 is 10.5 Å². The summed E-state index contributed by atoms with van der Waals surface area (Å²) < 4.78 is 88.1. The zero-order chi connectivity index (χ0) is 16.9. The van der Waals surface area contributed by atoms with Gasteiger partial charge in [0.25, 0.3) is 10.1 Å². The molecule has 4 unspecified atom stereocenters. The van der Waals surface area contributed by atoms with Crippen LogP contribution in [0.25, 0.3) is 0 Å². The Morgan fingerprint density at radius 2 is 2.00 bits per heavy atom. The molecule has 1 aliphatic heterocycles. The summed E-state index contributed by atoms with van der Waals surface area (Å²) in [5.74, 6) is -3.25. The number of hydrogen-bond donors (Lipinski definition) is 2. The van der Waals surface area contributed by atoms with Crippen LogP contribution in [-0.2, 0) is 34.0 Å². The maximum absolute atomic E-state index is 13.2. The highest BCUT2D eigenvalue weighted by molar-refractivity contribution is 7.88. The van der Waals surface area contributed by atoms with E-state index in [-0.39, 0.29) is 19.4 Å². The van der Waals surface area contributed by atoms with Gasteiger partial charge in [0, 0.05) is 5.92 Å². The fourth-order valence-electron chi connectivity index (χ4n) is 2.64. The molecule has 0 aromatic rings. The number of rotatable bonds is 4. The van der Waals surface area contributed by atoms with Crippen molar-refractivity contribution in [1.29, 1.82) is 0 Å². The van der Waals surface area contributed by atoms with Gasteiger partial charge in [-0.2, -0.15) is 25.6 Å². The largest absolute Gasteiger partial charge is 0.465 e. The van der Waals surface area contributed by atoms with Crippen molar-refractivity contribution in [2.75, 3.05) is 6.54 Å². The fraction of sp³-hybridized carbons (Fsp3) is 0.889. The summed E-state index contributed by atoms with van der Waals surface area (Å²) in [7, 11) is -9.94. The molecule has 4 atom stereocenters. The molecule has 0 amide bonds. The molecule has 9 nitrogen and oxygen atoms in total. The first-order valence-corrected chi connectivity index (χ1v) is 9.01. The highest BCUT2D eigenvalue weighted by Gasteiger charge is 2.59. The van der Waals surface area contributed by atoms with E-state index >= 15 is 0 Å². The molecule has 1 saturated heterocycles. The van der Waals surface area contributed by atoms with Crippen LogP contribution in [0.15, 0.2) is 0 Å². The Balaban J connectivity index is 2.20. The summed E-state index contributed by atoms with van der Waals surface area (Å²) in [5.41, 5.74) is 5.42. The lowest BCUT2D eigenvalue weighted by atomic mass is 9.84. The summed E-state index contributed by atoms with van der Waals surface area (Å²) in [4.78, 5) is 11.3. The van der Waals surface area contributed by atoms with E-state index in [1.807, 2.05) is 0 Å². The molecule has 0 aromatic carbocycles. The molecule has 1 saturated carbocycles. The number of nitrogens with two attached hydrogens (primary N) is 1. The molecule has 2 aliphatic rings. The van der Waals surface area contributed by atoms with Gasteiger partial charge in [-0.05, 0) is 19.4 Å². The van der Waals surface area contributed by atoms with E-state index in [0.29, 0.717) is 0 Å². The van der Waals surface area contributed by atoms with Crippen molar-refractivity contribution in [1.82, 2.24) is 0 Å². The van der Waals surface area contributed by atoms with Crippen molar-refractivity contribution in [2.24, 2.45) is 11.7 Å². The Morgan fingerprint density at radius 1 is 1.41 bits per heavy atom. The van der Waals surface area contributed by atoms with E-state index < -0.39 is 54.8 Å². The number of alkyl halides is 2. The molecule has 2 bridgehead atoms. The van der Waals surface area contributed by atoms with E-state index in [4.69, 9.17) is 14.5 Å². The van der Waals surface area contributed by atoms with Crippen molar-refractivity contribution >= 4 is 26.2 Å². The van der Waals surface area contributed by atoms with Crippen LogP contribution in [0.2, 0.25) is 0 Å². The Morgan fingerprint density at radius 3 is 2.50 bits per heavy atom. The summed E-state index contributed by atoms with van der Waals surface area (Å²) in [6, 6.07) is 0. The Hall–Kier alpha value is -0.890. The number of esters is 1. The van der Waals surface area contributed by atoms with Crippen molar-refractivity contribution in [3.05, 3.63) is 0 Å². The molecule has 2 fully saturated rings. The van der Waals surface area contributed by atoms with Crippen LogP contribution in [0.4, 0.5) is 8.78 Å². The highest BCUT2D eigenvalue weighted by atomic mass is 32.2. The predicted octanol–water partition coefficient (Wildman–Crippen LogP) is -1.16. The normalized spacial score (nSPS) is 34.4. The third kappa shape index (κ3) is 2.71. The second-order valence-electron chi connectivity index (χ2n) is 5.00. The maximum Gasteiger partial charge on any atom is 0.465 e. The molecule has 1 aliphatic carbocycles. The van der Waals surface area contributed by atoms with Crippen LogP contribution in [-0.4, -0.2) is 56.6 Å². The molecule has 22 heavy (non-hydrogen) atoms. The highest BCUT2D eigenvalue weighted by Crippen LogP contribution is 2.41. The number of ether oxygens (including phenoxy) is 1. The minimum atomic E-state index is -6.00. The quantitative estimate of drug-likeness (QED) is 0.357. The van der Waals surface area contributed by atoms with E-state index in [1.165, 1.54) is 0 Å². The smallest absolute Gasteiger partial charge is 0.454 e. The van der Waals surface area contributed by atoms with Crippen LogP contribution in [0.1, 0.15) is 12.8 Å². The molecule has 3 N–H and O–H groups in total. The van der Waals surface area contributed by atoms with Gasteiger partial charge in [0.1, 0.15) is 12.2 Å². The number of halogens is 2. The SMILES string of the molecule is NCC1C2OS(=O)(=O)C1CCC2OC(=O)C(F)(F)S(=O)(=O)O. The third-order valence-electron chi connectivity index (χ3n) is 3.71. The lowest BCUT2D eigenvalue weighted by Gasteiger charge is -2.31. The van der Waals surface area contributed by atoms with E-state index in [9.17, 15) is 30.4 Å². The van der Waals surface area contributed by atoms with E-state index in [1.54, 1.807) is 0 Å². The standard InChI is InChI=1S/C9H13F2NO8S2/c10-9(11,22(16,17)18)8(13)19-5-1-2-6-4(3-12)7(5)20-21(6,14)15/h4-7H,1-3,12H2,(H,16,17,18). The first-order chi connectivity index (χ1) is 9.91. The molecule has 128 valence electrons. The summed E-state index contributed by atoms with van der Waals surface area (Å²) in [6.45, 7) is -0.142. The van der Waals surface area contributed by atoms with Crippen molar-refractivity contribution in [2.45, 2.75) is 35.6 Å². The fourth-order valence-corrected chi connectivity index (χ4v) is 4.73. The molecule has 0 radical (unpaired) electrons. The van der Waals surface area contributed by atoms with Crippen LogP contribution in [0, 0.1) is 5.92 Å². The number of fused-ring (bicyclic) bond motifs is 2. The summed E-state index contributed by atoms with van der Waals surface area (Å²) in [6.07, 6.45) is -2.80. The molecular weight excluding hydrogens is 352 g/mol. The Kier molecular flexibility index (Phi) is 4.23.